The topological polar surface area (TPSA) is 71.4 Å². The zero-order chi connectivity index (χ0) is 24.1. The molecule has 0 saturated carbocycles. The summed E-state index contributed by atoms with van der Waals surface area (Å²) >= 11 is 5.74. The van der Waals surface area contributed by atoms with Crippen LogP contribution in [0.25, 0.3) is 0 Å². The number of carbonyl (C=O) groups excluding carboxylic acids is 1. The number of hydrogen-bond donors (Lipinski definition) is 2. The molecule has 1 aromatic carbocycles. The van der Waals surface area contributed by atoms with Gasteiger partial charge in [0, 0.05) is 50.4 Å². The van der Waals surface area contributed by atoms with Crippen LogP contribution in [0.5, 0.6) is 0 Å². The molecule has 0 bridgehead atoms. The maximum absolute atomic E-state index is 12.9. The van der Waals surface area contributed by atoms with Crippen molar-refractivity contribution in [2.24, 2.45) is 0 Å². The molecule has 1 aliphatic heterocycles. The number of anilines is 1. The molecule has 1 saturated heterocycles. The second-order valence-electron chi connectivity index (χ2n) is 8.56. The van der Waals surface area contributed by atoms with E-state index in [4.69, 9.17) is 17.0 Å². The third kappa shape index (κ3) is 5.29. The summed E-state index contributed by atoms with van der Waals surface area (Å²) in [5.41, 5.74) is 5.03. The number of methoxy groups -OCH3 is 1. The highest BCUT2D eigenvalue weighted by Gasteiger charge is 2.41. The number of hydrogen-bond acceptors (Lipinski definition) is 4. The summed E-state index contributed by atoms with van der Waals surface area (Å²) in [7, 11) is 1.70. The number of nitrogens with zero attached hydrogens (tertiary/aromatic N) is 3. The van der Waals surface area contributed by atoms with E-state index in [0.29, 0.717) is 24.7 Å². The van der Waals surface area contributed by atoms with Gasteiger partial charge in [-0.25, -0.2) is 0 Å². The minimum Gasteiger partial charge on any atom is -0.383 e. The molecule has 7 nitrogen and oxygen atoms in total. The van der Waals surface area contributed by atoms with Gasteiger partial charge in [0.2, 0.25) is 5.91 Å². The van der Waals surface area contributed by atoms with Crippen molar-refractivity contribution in [1.29, 1.82) is 0 Å². The molecule has 8 heteroatoms. The number of aryl methyl sites for hydroxylation is 2. The molecule has 1 fully saturated rings. The Balaban J connectivity index is 1.56. The Bertz CT molecular complexity index is 1150. The number of aromatic nitrogens is 2. The molecule has 2 aromatic heterocycles. The van der Waals surface area contributed by atoms with Crippen LogP contribution in [0.15, 0.2) is 60.9 Å². The van der Waals surface area contributed by atoms with E-state index in [9.17, 15) is 4.79 Å². The number of nitrogens with one attached hydrogen (secondary N) is 2. The summed E-state index contributed by atoms with van der Waals surface area (Å²) in [5.74, 6) is -0.0358. The molecule has 0 radical (unpaired) electrons. The van der Waals surface area contributed by atoms with Gasteiger partial charge < -0.3 is 24.8 Å². The molecule has 2 N–H and O–H groups in total. The average molecular weight is 478 g/mol. The number of pyridine rings is 1. The third-order valence-electron chi connectivity index (χ3n) is 6.15. The standard InChI is InChI=1S/C26H31N5O2S/c1-18-9-10-19(2)21(17-18)28-23(32)11-14-31-25(22-8-6-13-30(22)15-16-33-3)24(29-26(31)34)20-7-4-5-12-27-20/h4-10,12-13,17,24-25H,11,14-16H2,1-3H3,(H,28,32)(H,29,34)/t24-,25+/m1/s1. The zero-order valence-electron chi connectivity index (χ0n) is 19.8. The van der Waals surface area contributed by atoms with E-state index in [2.05, 4.69) is 37.3 Å². The van der Waals surface area contributed by atoms with Crippen LogP contribution in [0.4, 0.5) is 5.69 Å². The van der Waals surface area contributed by atoms with Gasteiger partial charge in [0.1, 0.15) is 0 Å². The highest BCUT2D eigenvalue weighted by atomic mass is 32.1. The molecular weight excluding hydrogens is 446 g/mol. The summed E-state index contributed by atoms with van der Waals surface area (Å²) in [4.78, 5) is 19.6. The molecular formula is C26H31N5O2S. The molecule has 1 aliphatic rings. The van der Waals surface area contributed by atoms with Crippen LogP contribution < -0.4 is 10.6 Å². The molecule has 1 amide bonds. The maximum atomic E-state index is 12.9. The van der Waals surface area contributed by atoms with Gasteiger partial charge in [0.25, 0.3) is 0 Å². The number of thiocarbonyl (C=S) groups is 1. The first-order valence-corrected chi connectivity index (χ1v) is 11.9. The van der Waals surface area contributed by atoms with Gasteiger partial charge in [-0.05, 0) is 67.5 Å². The number of rotatable bonds is 9. The zero-order valence-corrected chi connectivity index (χ0v) is 20.6. The van der Waals surface area contributed by atoms with Gasteiger partial charge in [-0.3, -0.25) is 9.78 Å². The minimum absolute atomic E-state index is 0.0358. The highest BCUT2D eigenvalue weighted by molar-refractivity contribution is 7.80. The quantitative estimate of drug-likeness (QED) is 0.451. The van der Waals surface area contributed by atoms with Crippen LogP contribution >= 0.6 is 12.2 Å². The number of ether oxygens (including phenoxy) is 1. The van der Waals surface area contributed by atoms with E-state index in [1.165, 1.54) is 0 Å². The fourth-order valence-corrected chi connectivity index (χ4v) is 4.69. The van der Waals surface area contributed by atoms with Gasteiger partial charge >= 0.3 is 0 Å². The predicted octanol–water partition coefficient (Wildman–Crippen LogP) is 4.15. The van der Waals surface area contributed by atoms with Crippen molar-refractivity contribution < 1.29 is 9.53 Å². The predicted molar refractivity (Wildman–Crippen MR) is 138 cm³/mol. The average Bonchev–Trinajstić information content (AvgIpc) is 3.42. The van der Waals surface area contributed by atoms with E-state index in [0.717, 1.165) is 34.7 Å². The Kier molecular flexibility index (Phi) is 7.59. The molecule has 0 unspecified atom stereocenters. The molecule has 4 rings (SSSR count). The first kappa shape index (κ1) is 23.9. The Morgan fingerprint density at radius 3 is 2.79 bits per heavy atom. The van der Waals surface area contributed by atoms with E-state index in [1.54, 1.807) is 13.3 Å². The monoisotopic (exact) mass is 477 g/mol. The van der Waals surface area contributed by atoms with Crippen LogP contribution in [0.1, 0.15) is 41.0 Å². The first-order valence-electron chi connectivity index (χ1n) is 11.5. The number of carbonyl (C=O) groups is 1. The van der Waals surface area contributed by atoms with Crippen LogP contribution in [-0.4, -0.2) is 45.7 Å². The Morgan fingerprint density at radius 1 is 1.18 bits per heavy atom. The lowest BCUT2D eigenvalue weighted by Crippen LogP contribution is -2.33. The van der Waals surface area contributed by atoms with E-state index in [1.807, 2.05) is 56.3 Å². The third-order valence-corrected chi connectivity index (χ3v) is 6.50. The Labute approximate surface area is 206 Å². The Hall–Kier alpha value is -3.23. The molecule has 3 aromatic rings. The second-order valence-corrected chi connectivity index (χ2v) is 8.94. The molecule has 3 heterocycles. The lowest BCUT2D eigenvalue weighted by atomic mass is 10.0. The van der Waals surface area contributed by atoms with Gasteiger partial charge in [0.05, 0.1) is 24.4 Å². The van der Waals surface area contributed by atoms with Crippen LogP contribution in [0.2, 0.25) is 0 Å². The van der Waals surface area contributed by atoms with Gasteiger partial charge in [0.15, 0.2) is 5.11 Å². The fraction of sp³-hybridized carbons (Fsp3) is 0.346. The van der Waals surface area contributed by atoms with Gasteiger partial charge in [-0.1, -0.05) is 18.2 Å². The summed E-state index contributed by atoms with van der Waals surface area (Å²) in [5, 5.41) is 7.13. The van der Waals surface area contributed by atoms with E-state index in [-0.39, 0.29) is 18.0 Å². The second kappa shape index (κ2) is 10.8. The van der Waals surface area contributed by atoms with Crippen LogP contribution in [-0.2, 0) is 16.1 Å². The SMILES string of the molecule is COCCn1cccc1[C@H]1[C@@H](c2ccccn2)NC(=S)N1CCC(=O)Nc1cc(C)ccc1C. The van der Waals surface area contributed by atoms with Crippen molar-refractivity contribution in [3.8, 4) is 0 Å². The van der Waals surface area contributed by atoms with Gasteiger partial charge in [-0.2, -0.15) is 0 Å². The largest absolute Gasteiger partial charge is 0.383 e. The van der Waals surface area contributed by atoms with Crippen LogP contribution in [0, 0.1) is 13.8 Å². The number of benzene rings is 1. The normalized spacial score (nSPS) is 17.6. The summed E-state index contributed by atoms with van der Waals surface area (Å²) in [6.45, 7) is 5.85. The van der Waals surface area contributed by atoms with Crippen molar-refractivity contribution in [1.82, 2.24) is 19.8 Å². The molecule has 0 aliphatic carbocycles. The molecule has 178 valence electrons. The number of amides is 1. The molecule has 2 atom stereocenters. The van der Waals surface area contributed by atoms with Gasteiger partial charge in [-0.15, -0.1) is 0 Å². The fourth-order valence-electron chi connectivity index (χ4n) is 4.36. The lowest BCUT2D eigenvalue weighted by Gasteiger charge is -2.28. The maximum Gasteiger partial charge on any atom is 0.226 e. The summed E-state index contributed by atoms with van der Waals surface area (Å²) in [6, 6.07) is 15.9. The van der Waals surface area contributed by atoms with Crippen molar-refractivity contribution in [2.75, 3.05) is 25.6 Å². The molecule has 34 heavy (non-hydrogen) atoms. The minimum atomic E-state index is -0.119. The molecule has 0 spiro atoms. The van der Waals surface area contributed by atoms with Crippen molar-refractivity contribution in [2.45, 2.75) is 38.9 Å². The Morgan fingerprint density at radius 2 is 2.03 bits per heavy atom. The lowest BCUT2D eigenvalue weighted by molar-refractivity contribution is -0.116. The van der Waals surface area contributed by atoms with Crippen molar-refractivity contribution in [3.63, 3.8) is 0 Å². The smallest absolute Gasteiger partial charge is 0.226 e. The van der Waals surface area contributed by atoms with E-state index < -0.39 is 0 Å². The van der Waals surface area contributed by atoms with Crippen molar-refractivity contribution in [3.05, 3.63) is 83.4 Å². The summed E-state index contributed by atoms with van der Waals surface area (Å²) < 4.78 is 7.49. The first-order chi connectivity index (χ1) is 16.5. The van der Waals surface area contributed by atoms with E-state index >= 15 is 0 Å². The van der Waals surface area contributed by atoms with Crippen molar-refractivity contribution >= 4 is 28.9 Å². The summed E-state index contributed by atoms with van der Waals surface area (Å²) in [6.07, 6.45) is 4.16. The highest BCUT2D eigenvalue weighted by Crippen LogP contribution is 2.38. The van der Waals surface area contributed by atoms with Crippen LogP contribution in [0.3, 0.4) is 0 Å².